The molecule has 2 amide bonds. The Labute approximate surface area is 178 Å². The molecule has 0 spiro atoms. The predicted octanol–water partition coefficient (Wildman–Crippen LogP) is 1.00. The lowest BCUT2D eigenvalue weighted by Crippen LogP contribution is -2.48. The Morgan fingerprint density at radius 2 is 1.81 bits per heavy atom. The van der Waals surface area contributed by atoms with Crippen molar-refractivity contribution in [2.24, 2.45) is 5.92 Å². The van der Waals surface area contributed by atoms with Gasteiger partial charge >= 0.3 is 11.6 Å². The van der Waals surface area contributed by atoms with Crippen LogP contribution in [-0.4, -0.2) is 49.7 Å². The van der Waals surface area contributed by atoms with Gasteiger partial charge in [-0.05, 0) is 30.5 Å². The number of aliphatic carboxylic acids is 1. The van der Waals surface area contributed by atoms with Crippen LogP contribution in [0.5, 0.6) is 11.5 Å². The number of carboxylic acids is 1. The van der Waals surface area contributed by atoms with Crippen molar-refractivity contribution in [3.05, 3.63) is 33.7 Å². The summed E-state index contributed by atoms with van der Waals surface area (Å²) in [6.45, 7) is 4.58. The molecule has 0 aliphatic carbocycles. The summed E-state index contributed by atoms with van der Waals surface area (Å²) < 4.78 is 15.9. The number of fused-ring (bicyclic) bond motifs is 1. The van der Waals surface area contributed by atoms with E-state index in [2.05, 4.69) is 10.6 Å². The summed E-state index contributed by atoms with van der Waals surface area (Å²) >= 11 is 0. The lowest BCUT2D eigenvalue weighted by atomic mass is 10.0. The Morgan fingerprint density at radius 1 is 1.13 bits per heavy atom. The van der Waals surface area contributed by atoms with Gasteiger partial charge in [-0.25, -0.2) is 9.59 Å². The Bertz CT molecular complexity index is 1060. The van der Waals surface area contributed by atoms with E-state index < -0.39 is 36.0 Å². The normalized spacial score (nSPS) is 11.8. The fourth-order valence-corrected chi connectivity index (χ4v) is 3.11. The first-order valence-corrected chi connectivity index (χ1v) is 9.56. The molecular formula is C21H26N2O8. The van der Waals surface area contributed by atoms with Gasteiger partial charge < -0.3 is 29.6 Å². The Balaban J connectivity index is 2.16. The molecule has 2 aromatic rings. The average Bonchev–Trinajstić information content (AvgIpc) is 2.72. The van der Waals surface area contributed by atoms with Gasteiger partial charge in [-0.3, -0.25) is 9.59 Å². The molecule has 10 nitrogen and oxygen atoms in total. The van der Waals surface area contributed by atoms with Gasteiger partial charge in [0.2, 0.25) is 17.6 Å². The van der Waals surface area contributed by atoms with Gasteiger partial charge in [0, 0.05) is 5.39 Å². The molecule has 31 heavy (non-hydrogen) atoms. The van der Waals surface area contributed by atoms with Crippen LogP contribution in [0.2, 0.25) is 0 Å². The van der Waals surface area contributed by atoms with E-state index in [9.17, 15) is 19.2 Å². The Kier molecular flexibility index (Phi) is 7.62. The van der Waals surface area contributed by atoms with E-state index in [4.69, 9.17) is 19.0 Å². The second kappa shape index (κ2) is 9.96. The van der Waals surface area contributed by atoms with Crippen LogP contribution in [0.25, 0.3) is 11.0 Å². The third-order valence-corrected chi connectivity index (χ3v) is 4.83. The zero-order valence-electron chi connectivity index (χ0n) is 18.0. The number of ether oxygens (including phenoxy) is 2. The summed E-state index contributed by atoms with van der Waals surface area (Å²) in [5.41, 5.74) is 0.184. The van der Waals surface area contributed by atoms with Crippen LogP contribution >= 0.6 is 0 Å². The van der Waals surface area contributed by atoms with Crippen LogP contribution in [0.1, 0.15) is 25.0 Å². The maximum Gasteiger partial charge on any atom is 0.340 e. The lowest BCUT2D eigenvalue weighted by molar-refractivity contribution is -0.143. The number of aryl methyl sites for hydroxylation is 1. The number of carboxylic acid groups (broad SMARTS) is 1. The summed E-state index contributed by atoms with van der Waals surface area (Å²) in [7, 11) is 2.89. The molecule has 3 N–H and O–H groups in total. The molecule has 1 unspecified atom stereocenters. The third-order valence-electron chi connectivity index (χ3n) is 4.83. The Morgan fingerprint density at radius 3 is 2.35 bits per heavy atom. The van der Waals surface area contributed by atoms with E-state index >= 15 is 0 Å². The van der Waals surface area contributed by atoms with Gasteiger partial charge in [-0.2, -0.15) is 0 Å². The van der Waals surface area contributed by atoms with Crippen molar-refractivity contribution in [2.75, 3.05) is 20.8 Å². The number of amides is 2. The van der Waals surface area contributed by atoms with E-state index in [0.717, 1.165) is 0 Å². The number of nitrogens with one attached hydrogen (secondary N) is 2. The smallest absolute Gasteiger partial charge is 0.340 e. The van der Waals surface area contributed by atoms with Crippen LogP contribution in [0.15, 0.2) is 21.3 Å². The van der Waals surface area contributed by atoms with Gasteiger partial charge in [-0.1, -0.05) is 13.8 Å². The van der Waals surface area contributed by atoms with Gasteiger partial charge in [-0.15, -0.1) is 0 Å². The molecule has 0 saturated carbocycles. The van der Waals surface area contributed by atoms with Crippen molar-refractivity contribution in [2.45, 2.75) is 33.2 Å². The van der Waals surface area contributed by atoms with Gasteiger partial charge in [0.05, 0.1) is 32.7 Å². The second-order valence-corrected chi connectivity index (χ2v) is 7.25. The largest absolute Gasteiger partial charge is 0.493 e. The van der Waals surface area contributed by atoms with Crippen molar-refractivity contribution < 1.29 is 33.4 Å². The molecule has 1 atom stereocenters. The number of hydrogen-bond acceptors (Lipinski definition) is 7. The summed E-state index contributed by atoms with van der Waals surface area (Å²) in [6, 6.07) is 2.30. The standard InChI is InChI=1S/C21H26N2O8/c1-10(2)17(20(26)27)23-16(25)9-22-15(24)8-13-11(3)12-6-7-14(29-4)19(30-5)18(12)31-21(13)28/h6-7,10,17H,8-9H2,1-5H3,(H,22,24)(H,23,25)(H,26,27). The topological polar surface area (TPSA) is 144 Å². The minimum absolute atomic E-state index is 0.142. The van der Waals surface area contributed by atoms with Crippen molar-refractivity contribution in [3.63, 3.8) is 0 Å². The molecule has 0 fully saturated rings. The first-order chi connectivity index (χ1) is 14.6. The first kappa shape index (κ1) is 23.7. The van der Waals surface area contributed by atoms with E-state index in [-0.39, 0.29) is 29.2 Å². The molecule has 0 aliphatic heterocycles. The van der Waals surface area contributed by atoms with Gasteiger partial charge in [0.25, 0.3) is 0 Å². The number of benzene rings is 1. The highest BCUT2D eigenvalue weighted by Gasteiger charge is 2.24. The van der Waals surface area contributed by atoms with Crippen LogP contribution < -0.4 is 25.7 Å². The van der Waals surface area contributed by atoms with E-state index in [0.29, 0.717) is 16.7 Å². The molecule has 0 bridgehead atoms. The minimum atomic E-state index is -1.16. The summed E-state index contributed by atoms with van der Waals surface area (Å²) in [5.74, 6) is -2.04. The molecule has 1 heterocycles. The fraction of sp³-hybridized carbons (Fsp3) is 0.429. The van der Waals surface area contributed by atoms with E-state index in [1.807, 2.05) is 0 Å². The van der Waals surface area contributed by atoms with Crippen LogP contribution in [0, 0.1) is 12.8 Å². The zero-order valence-corrected chi connectivity index (χ0v) is 18.0. The van der Waals surface area contributed by atoms with Crippen LogP contribution in [0.3, 0.4) is 0 Å². The monoisotopic (exact) mass is 434 g/mol. The molecule has 1 aromatic heterocycles. The molecule has 0 radical (unpaired) electrons. The highest BCUT2D eigenvalue weighted by Crippen LogP contribution is 2.36. The fourth-order valence-electron chi connectivity index (χ4n) is 3.11. The van der Waals surface area contributed by atoms with Crippen LogP contribution in [0.4, 0.5) is 0 Å². The quantitative estimate of drug-likeness (QED) is 0.496. The molecule has 168 valence electrons. The van der Waals surface area contributed by atoms with E-state index in [1.54, 1.807) is 32.9 Å². The lowest BCUT2D eigenvalue weighted by Gasteiger charge is -2.18. The van der Waals surface area contributed by atoms with Crippen molar-refractivity contribution in [3.8, 4) is 11.5 Å². The van der Waals surface area contributed by atoms with Crippen molar-refractivity contribution >= 4 is 28.8 Å². The number of methoxy groups -OCH3 is 2. The molecule has 0 saturated heterocycles. The highest BCUT2D eigenvalue weighted by molar-refractivity contribution is 5.91. The van der Waals surface area contributed by atoms with Crippen LogP contribution in [-0.2, 0) is 20.8 Å². The number of carbonyl (C=O) groups excluding carboxylic acids is 2. The molecular weight excluding hydrogens is 408 g/mol. The highest BCUT2D eigenvalue weighted by atomic mass is 16.5. The number of hydrogen-bond donors (Lipinski definition) is 3. The van der Waals surface area contributed by atoms with E-state index in [1.165, 1.54) is 14.2 Å². The summed E-state index contributed by atoms with van der Waals surface area (Å²) in [4.78, 5) is 47.9. The summed E-state index contributed by atoms with van der Waals surface area (Å²) in [5, 5.41) is 14.4. The third kappa shape index (κ3) is 5.33. The predicted molar refractivity (Wildman–Crippen MR) is 111 cm³/mol. The average molecular weight is 434 g/mol. The number of rotatable bonds is 9. The van der Waals surface area contributed by atoms with Crippen molar-refractivity contribution in [1.82, 2.24) is 10.6 Å². The first-order valence-electron chi connectivity index (χ1n) is 9.56. The zero-order chi connectivity index (χ0) is 23.3. The number of carbonyl (C=O) groups is 3. The Hall–Kier alpha value is -3.56. The van der Waals surface area contributed by atoms with Gasteiger partial charge in [0.15, 0.2) is 11.3 Å². The second-order valence-electron chi connectivity index (χ2n) is 7.25. The maximum atomic E-state index is 12.5. The molecule has 0 aliphatic rings. The summed E-state index contributed by atoms with van der Waals surface area (Å²) in [6.07, 6.45) is -0.307. The van der Waals surface area contributed by atoms with Crippen molar-refractivity contribution in [1.29, 1.82) is 0 Å². The minimum Gasteiger partial charge on any atom is -0.493 e. The van der Waals surface area contributed by atoms with Gasteiger partial charge in [0.1, 0.15) is 6.04 Å². The molecule has 1 aromatic carbocycles. The SMILES string of the molecule is COc1ccc2c(C)c(CC(=O)NCC(=O)NC(C(=O)O)C(C)C)c(=O)oc2c1OC. The maximum absolute atomic E-state index is 12.5. The molecule has 2 rings (SSSR count). The molecule has 10 heteroatoms.